The van der Waals surface area contributed by atoms with Crippen molar-refractivity contribution in [3.8, 4) is 0 Å². The minimum atomic E-state index is -0.853. The highest BCUT2D eigenvalue weighted by Gasteiger charge is 2.18. The summed E-state index contributed by atoms with van der Waals surface area (Å²) in [4.78, 5) is 24.5. The number of ether oxygens (including phenoxy) is 1. The lowest BCUT2D eigenvalue weighted by Crippen LogP contribution is -2.45. The lowest BCUT2D eigenvalue weighted by molar-refractivity contribution is -0.143. The molecule has 0 rings (SSSR count). The average molecular weight is 913 g/mol. The van der Waals surface area contributed by atoms with Gasteiger partial charge in [-0.1, -0.05) is 236 Å². The van der Waals surface area contributed by atoms with Crippen molar-refractivity contribution in [1.82, 2.24) is 5.32 Å². The van der Waals surface area contributed by atoms with E-state index in [2.05, 4.69) is 55.6 Å². The van der Waals surface area contributed by atoms with E-state index in [1.54, 1.807) is 6.08 Å². The van der Waals surface area contributed by atoms with Crippen molar-refractivity contribution in [1.29, 1.82) is 0 Å². The Morgan fingerprint density at radius 1 is 0.431 bits per heavy atom. The van der Waals surface area contributed by atoms with Crippen LogP contribution >= 0.6 is 0 Å². The van der Waals surface area contributed by atoms with Crippen LogP contribution in [0.1, 0.15) is 290 Å². The van der Waals surface area contributed by atoms with Crippen LogP contribution in [0.4, 0.5) is 0 Å². The Hall–Kier alpha value is -2.18. The maximum atomic E-state index is 12.4. The number of carbonyl (C=O) groups excluding carboxylic acids is 2. The number of carbonyl (C=O) groups is 2. The average Bonchev–Trinajstić information content (AvgIpc) is 3.31. The molecule has 0 bridgehead atoms. The van der Waals surface area contributed by atoms with Gasteiger partial charge in [0.1, 0.15) is 0 Å². The number of amides is 1. The minimum Gasteiger partial charge on any atom is -0.466 e. The number of allylic oxidation sites excluding steroid dienone is 7. The second kappa shape index (κ2) is 54.4. The first kappa shape index (κ1) is 62.8. The molecule has 0 aromatic carbocycles. The van der Waals surface area contributed by atoms with Gasteiger partial charge in [-0.3, -0.25) is 9.59 Å². The molecule has 380 valence electrons. The smallest absolute Gasteiger partial charge is 0.305 e. The normalized spacial score (nSPS) is 13.0. The summed E-state index contributed by atoms with van der Waals surface area (Å²) in [7, 11) is 0. The topological polar surface area (TPSA) is 95.9 Å². The minimum absolute atomic E-state index is 0.00629. The summed E-state index contributed by atoms with van der Waals surface area (Å²) in [6.07, 6.45) is 68.4. The molecular weight excluding hydrogens is 803 g/mol. The third-order valence-electron chi connectivity index (χ3n) is 12.8. The van der Waals surface area contributed by atoms with Crippen molar-refractivity contribution in [2.24, 2.45) is 0 Å². The van der Waals surface area contributed by atoms with Crippen molar-refractivity contribution in [2.45, 2.75) is 302 Å². The van der Waals surface area contributed by atoms with Crippen LogP contribution in [0.25, 0.3) is 0 Å². The number of rotatable bonds is 52. The van der Waals surface area contributed by atoms with Crippen LogP contribution in [0.15, 0.2) is 48.6 Å². The van der Waals surface area contributed by atoms with Crippen molar-refractivity contribution in [3.05, 3.63) is 48.6 Å². The molecule has 0 aliphatic heterocycles. The summed E-state index contributed by atoms with van der Waals surface area (Å²) in [6, 6.07) is -0.638. The highest BCUT2D eigenvalue weighted by molar-refractivity contribution is 5.76. The van der Waals surface area contributed by atoms with Crippen molar-refractivity contribution < 1.29 is 24.5 Å². The van der Waals surface area contributed by atoms with E-state index in [0.717, 1.165) is 70.6 Å². The number of aliphatic hydroxyl groups excluding tert-OH is 2. The molecule has 0 saturated carbocycles. The molecule has 0 spiro atoms. The molecule has 0 aromatic heterocycles. The van der Waals surface area contributed by atoms with Gasteiger partial charge < -0.3 is 20.3 Å². The first-order valence-corrected chi connectivity index (χ1v) is 28.4. The predicted octanol–water partition coefficient (Wildman–Crippen LogP) is 17.4. The molecule has 2 atom stereocenters. The van der Waals surface area contributed by atoms with E-state index in [1.165, 1.54) is 193 Å². The lowest BCUT2D eigenvalue weighted by atomic mass is 10.0. The van der Waals surface area contributed by atoms with E-state index in [9.17, 15) is 19.8 Å². The van der Waals surface area contributed by atoms with Gasteiger partial charge in [0.2, 0.25) is 5.91 Å². The summed E-state index contributed by atoms with van der Waals surface area (Å²) < 4.78 is 5.48. The first-order chi connectivity index (χ1) is 32.0. The Kier molecular flexibility index (Phi) is 52.6. The third kappa shape index (κ3) is 51.1. The van der Waals surface area contributed by atoms with E-state index in [0.29, 0.717) is 19.4 Å². The zero-order valence-electron chi connectivity index (χ0n) is 43.2. The van der Waals surface area contributed by atoms with Crippen molar-refractivity contribution in [2.75, 3.05) is 13.2 Å². The van der Waals surface area contributed by atoms with Gasteiger partial charge >= 0.3 is 5.97 Å². The quantitative estimate of drug-likeness (QED) is 0.0321. The Labute approximate surface area is 404 Å². The molecule has 0 aliphatic rings. The second-order valence-corrected chi connectivity index (χ2v) is 19.3. The number of unbranched alkanes of at least 4 members (excludes halogenated alkanes) is 35. The number of esters is 1. The highest BCUT2D eigenvalue weighted by Crippen LogP contribution is 2.15. The summed E-state index contributed by atoms with van der Waals surface area (Å²) in [5, 5.41) is 23.0. The fourth-order valence-corrected chi connectivity index (χ4v) is 8.42. The Morgan fingerprint density at radius 2 is 0.769 bits per heavy atom. The van der Waals surface area contributed by atoms with Gasteiger partial charge in [-0.05, 0) is 89.9 Å². The molecule has 0 aliphatic carbocycles. The van der Waals surface area contributed by atoms with E-state index in [1.807, 2.05) is 6.08 Å². The molecule has 0 aromatic rings. The Morgan fingerprint density at radius 3 is 1.22 bits per heavy atom. The van der Waals surface area contributed by atoms with Gasteiger partial charge in [-0.25, -0.2) is 0 Å². The zero-order chi connectivity index (χ0) is 47.2. The molecule has 3 N–H and O–H groups in total. The molecule has 0 radical (unpaired) electrons. The summed E-state index contributed by atoms with van der Waals surface area (Å²) in [5.74, 6) is -0.0898. The van der Waals surface area contributed by atoms with Crippen LogP contribution in [0.3, 0.4) is 0 Å². The van der Waals surface area contributed by atoms with E-state index in [4.69, 9.17) is 4.74 Å². The van der Waals surface area contributed by atoms with Gasteiger partial charge in [0.15, 0.2) is 0 Å². The van der Waals surface area contributed by atoms with Crippen LogP contribution in [-0.2, 0) is 14.3 Å². The van der Waals surface area contributed by atoms with Crippen LogP contribution in [0.2, 0.25) is 0 Å². The van der Waals surface area contributed by atoms with Gasteiger partial charge in [0.05, 0.1) is 25.4 Å². The molecule has 0 saturated heterocycles. The summed E-state index contributed by atoms with van der Waals surface area (Å²) in [6.45, 7) is 4.85. The standard InChI is InChI=1S/C59H109NO5/c1-3-5-7-9-11-13-15-17-18-21-25-29-33-37-41-45-49-53-59(64)65-54-50-46-42-38-34-30-26-23-20-19-22-24-28-32-36-40-44-48-52-58(63)60-56(55-61)57(62)51-47-43-39-35-31-27-16-14-12-10-8-6-4-2/h11,13,17-18,22,24,47,51,56-57,61-62H,3-10,12,14-16,19-21,23,25-46,48-50,52-55H2,1-2H3,(H,60,63)/b13-11-,18-17-,24-22-,51-47+. The molecule has 2 unspecified atom stereocenters. The van der Waals surface area contributed by atoms with Gasteiger partial charge in [0.25, 0.3) is 0 Å². The monoisotopic (exact) mass is 912 g/mol. The first-order valence-electron chi connectivity index (χ1n) is 28.4. The molecule has 0 fully saturated rings. The largest absolute Gasteiger partial charge is 0.466 e. The van der Waals surface area contributed by atoms with Gasteiger partial charge in [-0.2, -0.15) is 0 Å². The van der Waals surface area contributed by atoms with Gasteiger partial charge in [-0.15, -0.1) is 0 Å². The van der Waals surface area contributed by atoms with E-state index < -0.39 is 12.1 Å². The van der Waals surface area contributed by atoms with Crippen LogP contribution in [0.5, 0.6) is 0 Å². The Balaban J connectivity index is 3.47. The number of hydrogen-bond acceptors (Lipinski definition) is 5. The van der Waals surface area contributed by atoms with Gasteiger partial charge in [0, 0.05) is 12.8 Å². The summed E-state index contributed by atoms with van der Waals surface area (Å²) in [5.41, 5.74) is 0. The third-order valence-corrected chi connectivity index (χ3v) is 12.8. The Bertz CT molecular complexity index is 1100. The second-order valence-electron chi connectivity index (χ2n) is 19.3. The number of hydrogen-bond donors (Lipinski definition) is 3. The van der Waals surface area contributed by atoms with Crippen LogP contribution < -0.4 is 5.32 Å². The predicted molar refractivity (Wildman–Crippen MR) is 282 cm³/mol. The lowest BCUT2D eigenvalue weighted by Gasteiger charge is -2.20. The molecule has 65 heavy (non-hydrogen) atoms. The molecule has 6 nitrogen and oxygen atoms in total. The maximum absolute atomic E-state index is 12.4. The summed E-state index contributed by atoms with van der Waals surface area (Å²) >= 11 is 0. The van der Waals surface area contributed by atoms with Crippen molar-refractivity contribution >= 4 is 11.9 Å². The molecule has 0 heterocycles. The van der Waals surface area contributed by atoms with E-state index in [-0.39, 0.29) is 18.5 Å². The fourth-order valence-electron chi connectivity index (χ4n) is 8.42. The number of aliphatic hydroxyl groups is 2. The number of nitrogens with one attached hydrogen (secondary N) is 1. The maximum Gasteiger partial charge on any atom is 0.305 e. The molecule has 6 heteroatoms. The van der Waals surface area contributed by atoms with Crippen molar-refractivity contribution in [3.63, 3.8) is 0 Å². The molecular formula is C59H109NO5. The van der Waals surface area contributed by atoms with Crippen LogP contribution in [0, 0.1) is 0 Å². The highest BCUT2D eigenvalue weighted by atomic mass is 16.5. The van der Waals surface area contributed by atoms with Crippen LogP contribution in [-0.4, -0.2) is 47.4 Å². The SMILES string of the molecule is CCCCC/C=C\C/C=C\CCCCCCCCCC(=O)OCCCCCCCCCCC/C=C\CCCCCCCC(=O)NC(CO)C(O)/C=C/CCCCCCCCCCCCC. The fraction of sp³-hybridized carbons (Fsp3) is 0.831. The zero-order valence-corrected chi connectivity index (χ0v) is 43.2. The molecule has 1 amide bonds. The van der Waals surface area contributed by atoms with E-state index >= 15 is 0 Å².